The standard InChI is InChI=1S/C26H36N4O6S2/c1-5-7-14-30(15-8-6-2)38(34,35)19-11-9-18(10-12-19)23(31)27-25-22(24(32)28-26(33)36-4)20-13-16-29(3)17-21(20)37-25/h9-12H,5-8,13-17H2,1-4H3,(H,27,31)(H,28,32,33). The normalized spacial score (nSPS) is 13.7. The lowest BCUT2D eigenvalue weighted by molar-refractivity contribution is 0.0936. The van der Waals surface area contributed by atoms with Crippen LogP contribution in [0.5, 0.6) is 0 Å². The lowest BCUT2D eigenvalue weighted by atomic mass is 10.0. The lowest BCUT2D eigenvalue weighted by Crippen LogP contribution is -2.33. The van der Waals surface area contributed by atoms with Gasteiger partial charge in [0.2, 0.25) is 10.0 Å². The highest BCUT2D eigenvalue weighted by Crippen LogP contribution is 2.37. The van der Waals surface area contributed by atoms with Gasteiger partial charge < -0.3 is 15.0 Å². The maximum absolute atomic E-state index is 13.2. The minimum absolute atomic E-state index is 0.133. The van der Waals surface area contributed by atoms with Crippen LogP contribution in [0.3, 0.4) is 0 Å². The number of anilines is 1. The van der Waals surface area contributed by atoms with Crippen molar-refractivity contribution in [3.05, 3.63) is 45.8 Å². The fourth-order valence-electron chi connectivity index (χ4n) is 4.19. The first kappa shape index (κ1) is 29.8. The number of sulfonamides is 1. The number of imide groups is 1. The Morgan fingerprint density at radius 3 is 2.26 bits per heavy atom. The van der Waals surface area contributed by atoms with E-state index >= 15 is 0 Å². The van der Waals surface area contributed by atoms with Crippen LogP contribution in [0.15, 0.2) is 29.2 Å². The van der Waals surface area contributed by atoms with Gasteiger partial charge in [-0.25, -0.2) is 13.2 Å². The van der Waals surface area contributed by atoms with E-state index in [0.717, 1.165) is 42.7 Å². The summed E-state index contributed by atoms with van der Waals surface area (Å²) in [5, 5.41) is 5.31. The number of thiophene rings is 1. The number of hydrogen-bond acceptors (Lipinski definition) is 8. The second kappa shape index (κ2) is 13.3. The zero-order chi connectivity index (χ0) is 27.9. The van der Waals surface area contributed by atoms with Crippen molar-refractivity contribution in [2.45, 2.75) is 57.4 Å². The summed E-state index contributed by atoms with van der Waals surface area (Å²) in [4.78, 5) is 40.9. The van der Waals surface area contributed by atoms with Gasteiger partial charge in [0, 0.05) is 36.6 Å². The number of likely N-dealkylation sites (N-methyl/N-ethyl adjacent to an activating group) is 1. The molecule has 0 radical (unpaired) electrons. The topological polar surface area (TPSA) is 125 Å². The molecule has 12 heteroatoms. The van der Waals surface area contributed by atoms with E-state index in [1.54, 1.807) is 0 Å². The Kier molecular flexibility index (Phi) is 10.4. The number of methoxy groups -OCH3 is 1. The van der Waals surface area contributed by atoms with Crippen molar-refractivity contribution < 1.29 is 27.5 Å². The number of unbranched alkanes of at least 4 members (excludes halogenated alkanes) is 2. The maximum atomic E-state index is 13.2. The summed E-state index contributed by atoms with van der Waals surface area (Å²) in [5.74, 6) is -1.13. The van der Waals surface area contributed by atoms with Gasteiger partial charge in [-0.2, -0.15) is 4.31 Å². The molecule has 3 amide bonds. The number of alkyl carbamates (subject to hydrolysis) is 1. The first-order chi connectivity index (χ1) is 18.1. The summed E-state index contributed by atoms with van der Waals surface area (Å²) in [6.07, 6.45) is 3.04. The van der Waals surface area contributed by atoms with Gasteiger partial charge in [-0.15, -0.1) is 11.3 Å². The molecule has 1 aliphatic heterocycles. The maximum Gasteiger partial charge on any atom is 0.413 e. The molecule has 2 N–H and O–H groups in total. The highest BCUT2D eigenvalue weighted by Gasteiger charge is 2.29. The molecule has 1 aromatic heterocycles. The van der Waals surface area contributed by atoms with Crippen LogP contribution >= 0.6 is 11.3 Å². The average molecular weight is 565 g/mol. The predicted octanol–water partition coefficient (Wildman–Crippen LogP) is 4.08. The van der Waals surface area contributed by atoms with Crippen molar-refractivity contribution in [2.75, 3.05) is 39.1 Å². The highest BCUT2D eigenvalue weighted by molar-refractivity contribution is 7.89. The third-order valence-electron chi connectivity index (χ3n) is 6.38. The van der Waals surface area contributed by atoms with Crippen LogP contribution in [0.2, 0.25) is 0 Å². The van der Waals surface area contributed by atoms with Gasteiger partial charge in [-0.05, 0) is 56.1 Å². The number of nitrogens with zero attached hydrogens (tertiary/aromatic N) is 2. The first-order valence-corrected chi connectivity index (χ1v) is 15.0. The number of amides is 3. The van der Waals surface area contributed by atoms with E-state index in [2.05, 4.69) is 20.3 Å². The summed E-state index contributed by atoms with van der Waals surface area (Å²) >= 11 is 1.29. The van der Waals surface area contributed by atoms with E-state index in [1.165, 1.54) is 47.0 Å². The monoisotopic (exact) mass is 564 g/mol. The zero-order valence-corrected chi connectivity index (χ0v) is 24.0. The number of ether oxygens (including phenoxy) is 1. The van der Waals surface area contributed by atoms with Gasteiger partial charge in [0.25, 0.3) is 11.8 Å². The molecule has 0 unspecified atom stereocenters. The second-order valence-corrected chi connectivity index (χ2v) is 12.3. The van der Waals surface area contributed by atoms with Crippen LogP contribution in [0, 0.1) is 0 Å². The van der Waals surface area contributed by atoms with E-state index in [1.807, 2.05) is 20.9 Å². The van der Waals surface area contributed by atoms with E-state index in [0.29, 0.717) is 31.1 Å². The molecule has 0 atom stereocenters. The van der Waals surface area contributed by atoms with Crippen LogP contribution in [-0.4, -0.2) is 69.3 Å². The van der Waals surface area contributed by atoms with Crippen molar-refractivity contribution in [3.8, 4) is 0 Å². The summed E-state index contributed by atoms with van der Waals surface area (Å²) in [5.41, 5.74) is 1.30. The summed E-state index contributed by atoms with van der Waals surface area (Å²) in [7, 11) is -0.549. The minimum atomic E-state index is -3.68. The van der Waals surface area contributed by atoms with Crippen LogP contribution in [-0.2, 0) is 27.7 Å². The fourth-order valence-corrected chi connectivity index (χ4v) is 7.03. The van der Waals surface area contributed by atoms with E-state index in [4.69, 9.17) is 0 Å². The van der Waals surface area contributed by atoms with E-state index in [-0.39, 0.29) is 16.0 Å². The van der Waals surface area contributed by atoms with Crippen LogP contribution in [0.25, 0.3) is 0 Å². The number of carbonyl (C=O) groups is 3. The molecule has 208 valence electrons. The first-order valence-electron chi connectivity index (χ1n) is 12.8. The minimum Gasteiger partial charge on any atom is -0.453 e. The van der Waals surface area contributed by atoms with E-state index < -0.39 is 27.9 Å². The van der Waals surface area contributed by atoms with Crippen LogP contribution in [0.4, 0.5) is 9.80 Å². The van der Waals surface area contributed by atoms with Gasteiger partial charge in [-0.3, -0.25) is 14.9 Å². The fraction of sp³-hybridized carbons (Fsp3) is 0.500. The highest BCUT2D eigenvalue weighted by atomic mass is 32.2. The number of benzene rings is 1. The van der Waals surface area contributed by atoms with E-state index in [9.17, 15) is 22.8 Å². The van der Waals surface area contributed by atoms with Gasteiger partial charge in [0.1, 0.15) is 5.00 Å². The molecule has 0 fully saturated rings. The van der Waals surface area contributed by atoms with Crippen molar-refractivity contribution >= 4 is 44.3 Å². The molecule has 0 saturated carbocycles. The second-order valence-electron chi connectivity index (χ2n) is 9.23. The molecule has 10 nitrogen and oxygen atoms in total. The Labute approximate surface area is 228 Å². The Hall–Kier alpha value is -2.80. The van der Waals surface area contributed by atoms with Gasteiger partial charge in [0.05, 0.1) is 17.6 Å². The molecule has 2 aromatic rings. The number of rotatable bonds is 11. The van der Waals surface area contributed by atoms with Crippen LogP contribution < -0.4 is 10.6 Å². The third kappa shape index (κ3) is 6.99. The zero-order valence-electron chi connectivity index (χ0n) is 22.3. The predicted molar refractivity (Wildman–Crippen MR) is 147 cm³/mol. The van der Waals surface area contributed by atoms with Crippen molar-refractivity contribution in [1.82, 2.24) is 14.5 Å². The molecule has 0 bridgehead atoms. The molecule has 1 aromatic carbocycles. The van der Waals surface area contributed by atoms with Crippen molar-refractivity contribution in [2.24, 2.45) is 0 Å². The van der Waals surface area contributed by atoms with Crippen LogP contribution in [0.1, 0.15) is 70.7 Å². The molecular weight excluding hydrogens is 528 g/mol. The summed E-state index contributed by atoms with van der Waals surface area (Å²) in [6, 6.07) is 5.81. The average Bonchev–Trinajstić information content (AvgIpc) is 3.25. The smallest absolute Gasteiger partial charge is 0.413 e. The van der Waals surface area contributed by atoms with Gasteiger partial charge >= 0.3 is 6.09 Å². The quantitative estimate of drug-likeness (QED) is 0.421. The number of fused-ring (bicyclic) bond motifs is 1. The van der Waals surface area contributed by atoms with Crippen molar-refractivity contribution in [1.29, 1.82) is 0 Å². The molecule has 38 heavy (non-hydrogen) atoms. The third-order valence-corrected chi connectivity index (χ3v) is 9.42. The Balaban J connectivity index is 1.84. The molecular formula is C26H36N4O6S2. The summed E-state index contributed by atoms with van der Waals surface area (Å²) < 4.78 is 32.5. The Bertz CT molecular complexity index is 1250. The number of carbonyl (C=O) groups excluding carboxylic acids is 3. The Morgan fingerprint density at radius 2 is 1.68 bits per heavy atom. The molecule has 3 rings (SSSR count). The lowest BCUT2D eigenvalue weighted by Gasteiger charge is -2.22. The molecule has 0 aliphatic carbocycles. The van der Waals surface area contributed by atoms with Crippen molar-refractivity contribution in [3.63, 3.8) is 0 Å². The SMILES string of the molecule is CCCCN(CCCC)S(=O)(=O)c1ccc(C(=O)Nc2sc3c(c2C(=O)NC(=O)OC)CCN(C)C3)cc1. The molecule has 1 aliphatic rings. The Morgan fingerprint density at radius 1 is 1.05 bits per heavy atom. The number of hydrogen-bond donors (Lipinski definition) is 2. The molecule has 0 saturated heterocycles. The number of nitrogens with one attached hydrogen (secondary N) is 2. The summed E-state index contributed by atoms with van der Waals surface area (Å²) in [6.45, 7) is 6.30. The largest absolute Gasteiger partial charge is 0.453 e. The molecule has 2 heterocycles. The molecule has 0 spiro atoms. The van der Waals surface area contributed by atoms with Gasteiger partial charge in [-0.1, -0.05) is 26.7 Å². The van der Waals surface area contributed by atoms with Gasteiger partial charge in [0.15, 0.2) is 0 Å².